The molecule has 7 nitrogen and oxygen atoms in total. The molecule has 1 aromatic carbocycles. The second-order valence-electron chi connectivity index (χ2n) is 7.84. The van der Waals surface area contributed by atoms with E-state index in [1.54, 1.807) is 0 Å². The van der Waals surface area contributed by atoms with Crippen molar-refractivity contribution in [3.8, 4) is 11.8 Å². The van der Waals surface area contributed by atoms with Crippen molar-refractivity contribution in [1.82, 2.24) is 14.8 Å². The van der Waals surface area contributed by atoms with Crippen LogP contribution >= 0.6 is 23.1 Å². The summed E-state index contributed by atoms with van der Waals surface area (Å²) in [7, 11) is 1.87. The van der Waals surface area contributed by atoms with Gasteiger partial charge < -0.3 is 14.6 Å². The fourth-order valence-corrected chi connectivity index (χ4v) is 5.79. The van der Waals surface area contributed by atoms with Gasteiger partial charge in [0.1, 0.15) is 16.8 Å². The molecule has 2 heterocycles. The van der Waals surface area contributed by atoms with E-state index in [2.05, 4.69) is 21.6 Å². The number of thioether (sulfide) groups is 1. The minimum atomic E-state index is -0.284. The molecule has 0 saturated carbocycles. The number of fused-ring (bicyclic) bond motifs is 1. The maximum absolute atomic E-state index is 12.6. The van der Waals surface area contributed by atoms with E-state index in [-0.39, 0.29) is 17.8 Å². The van der Waals surface area contributed by atoms with Crippen LogP contribution in [0.4, 0.5) is 5.00 Å². The van der Waals surface area contributed by atoms with E-state index in [0.29, 0.717) is 21.5 Å². The molecular formula is C23H25N5O2S2. The monoisotopic (exact) mass is 467 g/mol. The number of aromatic nitrogens is 3. The SMILES string of the molecule is Cc1cccc(OC(C)c2nnc(SCC(=O)Nc3sc4c(c3C#N)CCCC4)n2C)c1. The Bertz CT molecular complexity index is 1180. The summed E-state index contributed by atoms with van der Waals surface area (Å²) in [6.07, 6.45) is 3.87. The van der Waals surface area contributed by atoms with E-state index in [9.17, 15) is 10.1 Å². The van der Waals surface area contributed by atoms with Crippen LogP contribution in [0.15, 0.2) is 29.4 Å². The van der Waals surface area contributed by atoms with E-state index in [4.69, 9.17) is 4.74 Å². The molecule has 32 heavy (non-hydrogen) atoms. The molecule has 1 amide bonds. The first kappa shape index (κ1) is 22.4. The van der Waals surface area contributed by atoms with Crippen LogP contribution in [0.5, 0.6) is 5.75 Å². The second-order valence-corrected chi connectivity index (χ2v) is 9.89. The third-order valence-electron chi connectivity index (χ3n) is 5.40. The zero-order valence-corrected chi connectivity index (χ0v) is 20.0. The highest BCUT2D eigenvalue weighted by atomic mass is 32.2. The molecule has 0 radical (unpaired) electrons. The number of ether oxygens (including phenoxy) is 1. The number of anilines is 1. The van der Waals surface area contributed by atoms with Gasteiger partial charge >= 0.3 is 0 Å². The molecule has 0 bridgehead atoms. The fraction of sp³-hybridized carbons (Fsp3) is 0.391. The largest absolute Gasteiger partial charge is 0.483 e. The van der Waals surface area contributed by atoms with Crippen molar-refractivity contribution in [2.45, 2.75) is 50.8 Å². The molecule has 2 aromatic heterocycles. The number of nitrogens with zero attached hydrogens (tertiary/aromatic N) is 4. The van der Waals surface area contributed by atoms with Crippen LogP contribution in [0.25, 0.3) is 0 Å². The number of amides is 1. The Morgan fingerprint density at radius 2 is 2.19 bits per heavy atom. The van der Waals surface area contributed by atoms with Crippen LogP contribution < -0.4 is 10.1 Å². The summed E-state index contributed by atoms with van der Waals surface area (Å²) in [6, 6.07) is 10.1. The molecule has 9 heteroatoms. The van der Waals surface area contributed by atoms with Gasteiger partial charge in [-0.2, -0.15) is 5.26 Å². The van der Waals surface area contributed by atoms with Crippen molar-refractivity contribution in [3.63, 3.8) is 0 Å². The lowest BCUT2D eigenvalue weighted by molar-refractivity contribution is -0.113. The van der Waals surface area contributed by atoms with Crippen LogP contribution in [0.2, 0.25) is 0 Å². The summed E-state index contributed by atoms with van der Waals surface area (Å²) in [5, 5.41) is 22.3. The molecule has 0 aliphatic heterocycles. The number of carbonyl (C=O) groups excluding carboxylic acids is 1. The molecule has 4 rings (SSSR count). The smallest absolute Gasteiger partial charge is 0.235 e. The number of thiophene rings is 1. The highest BCUT2D eigenvalue weighted by Gasteiger charge is 2.22. The summed E-state index contributed by atoms with van der Waals surface area (Å²) < 4.78 is 7.85. The van der Waals surface area contributed by atoms with Crippen LogP contribution in [0.1, 0.15) is 53.3 Å². The maximum Gasteiger partial charge on any atom is 0.235 e. The Morgan fingerprint density at radius 3 is 2.97 bits per heavy atom. The first-order valence-electron chi connectivity index (χ1n) is 10.6. The van der Waals surface area contributed by atoms with Gasteiger partial charge in [-0.15, -0.1) is 21.5 Å². The normalized spacial score (nSPS) is 13.8. The van der Waals surface area contributed by atoms with E-state index < -0.39 is 0 Å². The number of aryl methyl sites for hydroxylation is 2. The Balaban J connectivity index is 1.37. The minimum absolute atomic E-state index is 0.154. The summed E-state index contributed by atoms with van der Waals surface area (Å²) in [5.41, 5.74) is 2.87. The number of rotatable bonds is 7. The average molecular weight is 468 g/mol. The number of benzene rings is 1. The summed E-state index contributed by atoms with van der Waals surface area (Å²) in [5.74, 6) is 1.50. The van der Waals surface area contributed by atoms with Gasteiger partial charge in [-0.1, -0.05) is 23.9 Å². The Morgan fingerprint density at radius 1 is 1.38 bits per heavy atom. The van der Waals surface area contributed by atoms with Gasteiger partial charge in [-0.05, 0) is 62.8 Å². The maximum atomic E-state index is 12.6. The van der Waals surface area contributed by atoms with E-state index in [1.165, 1.54) is 28.0 Å². The molecule has 166 valence electrons. The molecule has 1 aliphatic carbocycles. The zero-order valence-electron chi connectivity index (χ0n) is 18.3. The lowest BCUT2D eigenvalue weighted by Gasteiger charge is -2.14. The number of hydrogen-bond acceptors (Lipinski definition) is 7. The van der Waals surface area contributed by atoms with Crippen molar-refractivity contribution in [2.24, 2.45) is 7.05 Å². The minimum Gasteiger partial charge on any atom is -0.483 e. The van der Waals surface area contributed by atoms with Crippen molar-refractivity contribution in [3.05, 3.63) is 51.7 Å². The van der Waals surface area contributed by atoms with Gasteiger partial charge in [0.25, 0.3) is 0 Å². The van der Waals surface area contributed by atoms with Crippen molar-refractivity contribution in [1.29, 1.82) is 5.26 Å². The molecule has 1 atom stereocenters. The Labute approximate surface area is 195 Å². The lowest BCUT2D eigenvalue weighted by Crippen LogP contribution is -2.15. The summed E-state index contributed by atoms with van der Waals surface area (Å²) >= 11 is 2.85. The highest BCUT2D eigenvalue weighted by molar-refractivity contribution is 7.99. The van der Waals surface area contributed by atoms with Gasteiger partial charge in [0.2, 0.25) is 5.91 Å². The van der Waals surface area contributed by atoms with Gasteiger partial charge in [-0.25, -0.2) is 0 Å². The molecule has 0 spiro atoms. The summed E-state index contributed by atoms with van der Waals surface area (Å²) in [4.78, 5) is 13.8. The molecule has 1 N–H and O–H groups in total. The molecule has 1 unspecified atom stereocenters. The molecule has 3 aromatic rings. The van der Waals surface area contributed by atoms with Crippen molar-refractivity contribution >= 4 is 34.0 Å². The van der Waals surface area contributed by atoms with Gasteiger partial charge in [0.05, 0.1) is 11.3 Å². The fourth-order valence-electron chi connectivity index (χ4n) is 3.82. The van der Waals surface area contributed by atoms with Crippen molar-refractivity contribution in [2.75, 3.05) is 11.1 Å². The number of hydrogen-bond donors (Lipinski definition) is 1. The Kier molecular flexibility index (Phi) is 6.82. The van der Waals surface area contributed by atoms with E-state index in [0.717, 1.165) is 42.6 Å². The van der Waals surface area contributed by atoms with Crippen molar-refractivity contribution < 1.29 is 9.53 Å². The van der Waals surface area contributed by atoms with Crippen LogP contribution in [0.3, 0.4) is 0 Å². The van der Waals surface area contributed by atoms with Gasteiger partial charge in [0.15, 0.2) is 17.1 Å². The summed E-state index contributed by atoms with van der Waals surface area (Å²) in [6.45, 7) is 3.94. The molecule has 0 fully saturated rings. The van der Waals surface area contributed by atoms with E-state index in [1.807, 2.05) is 49.7 Å². The quantitative estimate of drug-likeness (QED) is 0.502. The van der Waals surface area contributed by atoms with Gasteiger partial charge in [0, 0.05) is 11.9 Å². The number of nitrogens with one attached hydrogen (secondary N) is 1. The van der Waals surface area contributed by atoms with Crippen LogP contribution in [-0.4, -0.2) is 26.4 Å². The molecule has 0 saturated heterocycles. The van der Waals surface area contributed by atoms with E-state index >= 15 is 0 Å². The standard InChI is InChI=1S/C23H25N5O2S2/c1-14-7-6-8-16(11-14)30-15(2)21-26-27-23(28(21)3)31-13-20(29)25-22-18(12-24)17-9-4-5-10-19(17)32-22/h6-8,11,15H,4-5,9-10,13H2,1-3H3,(H,25,29). The third kappa shape index (κ3) is 4.81. The first-order chi connectivity index (χ1) is 15.5. The predicted octanol–water partition coefficient (Wildman–Crippen LogP) is 4.81. The third-order valence-corrected chi connectivity index (χ3v) is 7.63. The Hall–Kier alpha value is -2.83. The molecular weight excluding hydrogens is 442 g/mol. The first-order valence-corrected chi connectivity index (χ1v) is 12.4. The second kappa shape index (κ2) is 9.76. The topological polar surface area (TPSA) is 92.8 Å². The molecule has 1 aliphatic rings. The number of carbonyl (C=O) groups is 1. The van der Waals surface area contributed by atoms with Crippen LogP contribution in [-0.2, 0) is 24.7 Å². The van der Waals surface area contributed by atoms with Gasteiger partial charge in [-0.3, -0.25) is 4.79 Å². The average Bonchev–Trinajstić information content (AvgIpc) is 3.31. The number of nitriles is 1. The lowest BCUT2D eigenvalue weighted by atomic mass is 9.96. The zero-order chi connectivity index (χ0) is 22.7. The predicted molar refractivity (Wildman–Crippen MR) is 126 cm³/mol. The van der Waals surface area contributed by atoms with Crippen LogP contribution in [0, 0.1) is 18.3 Å². The highest BCUT2D eigenvalue weighted by Crippen LogP contribution is 2.37.